The van der Waals surface area contributed by atoms with E-state index in [1.165, 1.54) is 18.4 Å². The van der Waals surface area contributed by atoms with Gasteiger partial charge in [0.15, 0.2) is 10.0 Å². The van der Waals surface area contributed by atoms with Gasteiger partial charge >= 0.3 is 5.97 Å². The maximum atomic E-state index is 10.6. The predicted octanol–water partition coefficient (Wildman–Crippen LogP) is 1.68. The molecule has 1 rings (SSSR count). The van der Waals surface area contributed by atoms with Crippen molar-refractivity contribution in [2.24, 2.45) is 0 Å². The summed E-state index contributed by atoms with van der Waals surface area (Å²) in [6, 6.07) is 0. The minimum Gasteiger partial charge on any atom is -0.479 e. The van der Waals surface area contributed by atoms with Gasteiger partial charge in [-0.2, -0.15) is 0 Å². The molecule has 0 aliphatic rings. The number of carboxylic acid groups (broad SMARTS) is 1. The van der Waals surface area contributed by atoms with E-state index >= 15 is 0 Å². The maximum absolute atomic E-state index is 10.6. The van der Waals surface area contributed by atoms with Gasteiger partial charge in [0.1, 0.15) is 0 Å². The van der Waals surface area contributed by atoms with Crippen LogP contribution in [0.2, 0.25) is 0 Å². The van der Waals surface area contributed by atoms with Crippen molar-refractivity contribution in [2.45, 2.75) is 6.10 Å². The lowest BCUT2D eigenvalue weighted by Gasteiger charge is -2.05. The molecule has 0 saturated heterocycles. The smallest absolute Gasteiger partial charge is 0.339 e. The van der Waals surface area contributed by atoms with Gasteiger partial charge in [0.05, 0.1) is 5.69 Å². The van der Waals surface area contributed by atoms with Crippen molar-refractivity contribution in [3.63, 3.8) is 0 Å². The second-order valence-corrected chi connectivity index (χ2v) is 4.11. The number of methoxy groups -OCH3 is 1. The third-order valence-electron chi connectivity index (χ3n) is 1.22. The van der Waals surface area contributed by atoms with Crippen LogP contribution in [0.3, 0.4) is 0 Å². The number of nitrogens with zero attached hydrogens (tertiary/aromatic N) is 1. The highest BCUT2D eigenvalue weighted by Gasteiger charge is 2.21. The van der Waals surface area contributed by atoms with Gasteiger partial charge in [-0.3, -0.25) is 0 Å². The SMILES string of the molecule is COC(C(=O)O)c1csc(Br)n1. The van der Waals surface area contributed by atoms with E-state index in [1.807, 2.05) is 0 Å². The normalized spacial score (nSPS) is 12.8. The van der Waals surface area contributed by atoms with Gasteiger partial charge in [0, 0.05) is 12.5 Å². The summed E-state index contributed by atoms with van der Waals surface area (Å²) in [6.45, 7) is 0. The zero-order chi connectivity index (χ0) is 9.14. The first-order valence-electron chi connectivity index (χ1n) is 3.01. The minimum atomic E-state index is -1.03. The Morgan fingerprint density at radius 1 is 1.92 bits per heavy atom. The predicted molar refractivity (Wildman–Crippen MR) is 47.2 cm³/mol. The zero-order valence-electron chi connectivity index (χ0n) is 6.15. The van der Waals surface area contributed by atoms with E-state index in [2.05, 4.69) is 20.9 Å². The Labute approximate surface area is 81.3 Å². The second-order valence-electron chi connectivity index (χ2n) is 1.98. The van der Waals surface area contributed by atoms with Crippen molar-refractivity contribution in [3.05, 3.63) is 15.0 Å². The van der Waals surface area contributed by atoms with Gasteiger partial charge in [-0.25, -0.2) is 9.78 Å². The Morgan fingerprint density at radius 3 is 2.92 bits per heavy atom. The van der Waals surface area contributed by atoms with Crippen molar-refractivity contribution >= 4 is 33.2 Å². The number of hydrogen-bond acceptors (Lipinski definition) is 4. The number of hydrogen-bond donors (Lipinski definition) is 1. The van der Waals surface area contributed by atoms with E-state index in [4.69, 9.17) is 9.84 Å². The quantitative estimate of drug-likeness (QED) is 0.888. The Kier molecular flexibility index (Phi) is 3.19. The average molecular weight is 252 g/mol. The number of rotatable bonds is 3. The van der Waals surface area contributed by atoms with Gasteiger partial charge in [-0.15, -0.1) is 11.3 Å². The summed E-state index contributed by atoms with van der Waals surface area (Å²) in [7, 11) is 1.34. The molecule has 0 aromatic carbocycles. The zero-order valence-corrected chi connectivity index (χ0v) is 8.55. The van der Waals surface area contributed by atoms with Crippen LogP contribution in [0, 0.1) is 0 Å². The number of thiazole rings is 1. The molecule has 0 bridgehead atoms. The van der Waals surface area contributed by atoms with Gasteiger partial charge in [0.25, 0.3) is 0 Å². The summed E-state index contributed by atoms with van der Waals surface area (Å²) >= 11 is 4.47. The Hall–Kier alpha value is -0.460. The summed E-state index contributed by atoms with van der Waals surface area (Å²) in [6.07, 6.45) is -0.965. The highest BCUT2D eigenvalue weighted by molar-refractivity contribution is 9.11. The molecule has 12 heavy (non-hydrogen) atoms. The molecule has 0 fully saturated rings. The van der Waals surface area contributed by atoms with E-state index in [9.17, 15) is 4.79 Å². The van der Waals surface area contributed by atoms with Crippen LogP contribution in [0.4, 0.5) is 0 Å². The van der Waals surface area contributed by atoms with Crippen LogP contribution in [0.25, 0.3) is 0 Å². The van der Waals surface area contributed by atoms with Crippen molar-refractivity contribution in [1.29, 1.82) is 0 Å². The summed E-state index contributed by atoms with van der Waals surface area (Å²) in [5.74, 6) is -1.03. The molecule has 0 spiro atoms. The number of carbonyl (C=O) groups is 1. The standard InChI is InChI=1S/C6H6BrNO3S/c1-11-4(5(9)10)3-2-12-6(7)8-3/h2,4H,1H3,(H,9,10). The highest BCUT2D eigenvalue weighted by Crippen LogP contribution is 2.22. The van der Waals surface area contributed by atoms with Crippen molar-refractivity contribution in [2.75, 3.05) is 7.11 Å². The van der Waals surface area contributed by atoms with E-state index in [0.29, 0.717) is 9.61 Å². The van der Waals surface area contributed by atoms with Crippen LogP contribution >= 0.6 is 27.3 Å². The number of halogens is 1. The molecule has 1 unspecified atom stereocenters. The van der Waals surface area contributed by atoms with Crippen LogP contribution in [0.1, 0.15) is 11.8 Å². The lowest BCUT2D eigenvalue weighted by molar-refractivity contribution is -0.149. The van der Waals surface area contributed by atoms with Gasteiger partial charge < -0.3 is 9.84 Å². The average Bonchev–Trinajstić information content (AvgIpc) is 2.37. The van der Waals surface area contributed by atoms with Crippen LogP contribution < -0.4 is 0 Å². The molecule has 0 amide bonds. The van der Waals surface area contributed by atoms with E-state index in [-0.39, 0.29) is 0 Å². The van der Waals surface area contributed by atoms with Crippen LogP contribution in [0.5, 0.6) is 0 Å². The van der Waals surface area contributed by atoms with Crippen LogP contribution in [0.15, 0.2) is 9.30 Å². The largest absolute Gasteiger partial charge is 0.479 e. The number of ether oxygens (including phenoxy) is 1. The summed E-state index contributed by atoms with van der Waals surface area (Å²) in [4.78, 5) is 14.5. The number of carboxylic acids is 1. The molecule has 66 valence electrons. The fourth-order valence-electron chi connectivity index (χ4n) is 0.732. The molecule has 1 heterocycles. The molecule has 0 saturated carbocycles. The van der Waals surface area contributed by atoms with Crippen LogP contribution in [-0.2, 0) is 9.53 Å². The molecular weight excluding hydrogens is 246 g/mol. The first-order chi connectivity index (χ1) is 5.65. The Morgan fingerprint density at radius 2 is 2.58 bits per heavy atom. The van der Waals surface area contributed by atoms with Gasteiger partial charge in [0.2, 0.25) is 0 Å². The molecule has 1 aromatic rings. The van der Waals surface area contributed by atoms with Gasteiger partial charge in [-0.05, 0) is 15.9 Å². The van der Waals surface area contributed by atoms with Crippen molar-refractivity contribution in [1.82, 2.24) is 4.98 Å². The van der Waals surface area contributed by atoms with Crippen molar-refractivity contribution < 1.29 is 14.6 Å². The molecule has 4 nitrogen and oxygen atoms in total. The first-order valence-corrected chi connectivity index (χ1v) is 4.69. The molecule has 1 N–H and O–H groups in total. The fourth-order valence-corrected chi connectivity index (χ4v) is 1.77. The van der Waals surface area contributed by atoms with Crippen molar-refractivity contribution in [3.8, 4) is 0 Å². The Balaban J connectivity index is 2.87. The highest BCUT2D eigenvalue weighted by atomic mass is 79.9. The molecule has 0 radical (unpaired) electrons. The van der Waals surface area contributed by atoms with Crippen LogP contribution in [-0.4, -0.2) is 23.2 Å². The summed E-state index contributed by atoms with van der Waals surface area (Å²) < 4.78 is 5.39. The third kappa shape index (κ3) is 2.02. The third-order valence-corrected chi connectivity index (χ3v) is 2.61. The fraction of sp³-hybridized carbons (Fsp3) is 0.333. The molecule has 0 aliphatic heterocycles. The van der Waals surface area contributed by atoms with E-state index in [0.717, 1.165) is 0 Å². The topological polar surface area (TPSA) is 59.4 Å². The first kappa shape index (κ1) is 9.63. The van der Waals surface area contributed by atoms with E-state index < -0.39 is 12.1 Å². The number of aromatic nitrogens is 1. The summed E-state index contributed by atoms with van der Waals surface area (Å²) in [5.41, 5.74) is 0.418. The number of aliphatic carboxylic acids is 1. The molecule has 1 atom stereocenters. The molecule has 0 aliphatic carbocycles. The lowest BCUT2D eigenvalue weighted by atomic mass is 10.3. The lowest BCUT2D eigenvalue weighted by Crippen LogP contribution is -2.13. The van der Waals surface area contributed by atoms with Gasteiger partial charge in [-0.1, -0.05) is 0 Å². The van der Waals surface area contributed by atoms with E-state index in [1.54, 1.807) is 5.38 Å². The minimum absolute atomic E-state index is 0.418. The Bertz CT molecular complexity index is 288. The molecule has 1 aromatic heterocycles. The monoisotopic (exact) mass is 251 g/mol. The summed E-state index contributed by atoms with van der Waals surface area (Å²) in [5, 5.41) is 10.3. The second kappa shape index (κ2) is 3.97. The maximum Gasteiger partial charge on any atom is 0.339 e. The molecule has 6 heteroatoms. The molecular formula is C6H6BrNO3S.